The van der Waals surface area contributed by atoms with Gasteiger partial charge in [0.05, 0.1) is 24.5 Å². The van der Waals surface area contributed by atoms with Gasteiger partial charge in [0.15, 0.2) is 0 Å². The van der Waals surface area contributed by atoms with Crippen molar-refractivity contribution in [3.8, 4) is 5.75 Å². The molecule has 0 spiro atoms. The van der Waals surface area contributed by atoms with Crippen molar-refractivity contribution in [2.45, 2.75) is 12.7 Å². The summed E-state index contributed by atoms with van der Waals surface area (Å²) < 4.78 is 43.6. The zero-order chi connectivity index (χ0) is 17.7. The van der Waals surface area contributed by atoms with E-state index in [-0.39, 0.29) is 31.1 Å². The average Bonchev–Trinajstić information content (AvgIpc) is 3.02. The van der Waals surface area contributed by atoms with E-state index < -0.39 is 12.1 Å². The van der Waals surface area contributed by atoms with E-state index in [0.29, 0.717) is 15.5 Å². The van der Waals surface area contributed by atoms with E-state index >= 15 is 0 Å². The van der Waals surface area contributed by atoms with Gasteiger partial charge in [0.1, 0.15) is 12.4 Å². The number of hydrogen-bond donors (Lipinski definition) is 2. The first-order valence-electron chi connectivity index (χ1n) is 6.94. The Labute approximate surface area is 140 Å². The molecule has 2 rings (SSSR count). The standard InChI is InChI=1S/C15H16F3N3O2S/c16-15(17,18)14(22)21(9-10-3-2-8-24-10)6-7-23-12-5-1-4-11(19)13(12)20/h1-5,8H,6-7,9,19-20H2. The molecule has 2 aromatic rings. The number of thiophene rings is 1. The molecule has 5 nitrogen and oxygen atoms in total. The number of carbonyl (C=O) groups excluding carboxylic acids is 1. The van der Waals surface area contributed by atoms with Crippen molar-refractivity contribution in [1.29, 1.82) is 0 Å². The number of nitrogen functional groups attached to an aromatic ring is 2. The van der Waals surface area contributed by atoms with Gasteiger partial charge in [-0.2, -0.15) is 13.2 Å². The molecule has 0 aliphatic heterocycles. The molecule has 0 saturated carbocycles. The van der Waals surface area contributed by atoms with Crippen LogP contribution >= 0.6 is 11.3 Å². The Kier molecular flexibility index (Phi) is 5.55. The third-order valence-electron chi connectivity index (χ3n) is 3.18. The number of benzene rings is 1. The second-order valence-corrected chi connectivity index (χ2v) is 5.94. The van der Waals surface area contributed by atoms with Crippen molar-refractivity contribution in [2.75, 3.05) is 24.6 Å². The third kappa shape index (κ3) is 4.54. The fourth-order valence-corrected chi connectivity index (χ4v) is 2.69. The van der Waals surface area contributed by atoms with Crippen LogP contribution < -0.4 is 16.2 Å². The Morgan fingerprint density at radius 2 is 1.96 bits per heavy atom. The van der Waals surface area contributed by atoms with Gasteiger partial charge >= 0.3 is 12.1 Å². The molecule has 1 aromatic carbocycles. The molecule has 0 atom stereocenters. The van der Waals surface area contributed by atoms with Crippen LogP contribution in [0.25, 0.3) is 0 Å². The average molecular weight is 359 g/mol. The van der Waals surface area contributed by atoms with Crippen molar-refractivity contribution >= 4 is 28.6 Å². The van der Waals surface area contributed by atoms with Gasteiger partial charge in [0.25, 0.3) is 0 Å². The molecular weight excluding hydrogens is 343 g/mol. The number of rotatable bonds is 6. The highest BCUT2D eigenvalue weighted by Gasteiger charge is 2.42. The number of hydrogen-bond acceptors (Lipinski definition) is 5. The minimum absolute atomic E-state index is 0.133. The number of para-hydroxylation sites is 1. The second kappa shape index (κ2) is 7.43. The zero-order valence-electron chi connectivity index (χ0n) is 12.5. The molecule has 0 aliphatic rings. The van der Waals surface area contributed by atoms with Crippen molar-refractivity contribution in [2.24, 2.45) is 0 Å². The monoisotopic (exact) mass is 359 g/mol. The van der Waals surface area contributed by atoms with Gasteiger partial charge < -0.3 is 21.1 Å². The number of nitrogens with two attached hydrogens (primary N) is 2. The van der Waals surface area contributed by atoms with E-state index in [0.717, 1.165) is 0 Å². The molecule has 0 aliphatic carbocycles. The fourth-order valence-electron chi connectivity index (χ4n) is 1.97. The first-order chi connectivity index (χ1) is 11.3. The van der Waals surface area contributed by atoms with Gasteiger partial charge in [-0.3, -0.25) is 4.79 Å². The molecule has 0 unspecified atom stereocenters. The Hall–Kier alpha value is -2.42. The first kappa shape index (κ1) is 17.9. The molecular formula is C15H16F3N3O2S. The molecule has 24 heavy (non-hydrogen) atoms. The molecule has 9 heteroatoms. The van der Waals surface area contributed by atoms with Crippen LogP contribution in [0.2, 0.25) is 0 Å². The number of anilines is 2. The lowest BCUT2D eigenvalue weighted by Crippen LogP contribution is -2.42. The second-order valence-electron chi connectivity index (χ2n) is 4.91. The minimum atomic E-state index is -4.94. The summed E-state index contributed by atoms with van der Waals surface area (Å²) in [5.41, 5.74) is 11.9. The fraction of sp³-hybridized carbons (Fsp3) is 0.267. The molecule has 1 aromatic heterocycles. The Bertz CT molecular complexity index is 690. The van der Waals surface area contributed by atoms with Crippen LogP contribution in [-0.2, 0) is 11.3 Å². The van der Waals surface area contributed by atoms with Gasteiger partial charge in [-0.15, -0.1) is 11.3 Å². The maximum atomic E-state index is 12.7. The topological polar surface area (TPSA) is 81.6 Å². The van der Waals surface area contributed by atoms with Crippen molar-refractivity contribution in [3.63, 3.8) is 0 Å². The van der Waals surface area contributed by atoms with E-state index in [2.05, 4.69) is 0 Å². The van der Waals surface area contributed by atoms with Crippen LogP contribution in [0, 0.1) is 0 Å². The van der Waals surface area contributed by atoms with Gasteiger partial charge in [-0.1, -0.05) is 12.1 Å². The minimum Gasteiger partial charge on any atom is -0.490 e. The van der Waals surface area contributed by atoms with Crippen LogP contribution in [-0.4, -0.2) is 30.1 Å². The van der Waals surface area contributed by atoms with Gasteiger partial charge in [-0.25, -0.2) is 0 Å². The molecule has 0 radical (unpaired) electrons. The molecule has 4 N–H and O–H groups in total. The molecule has 0 saturated heterocycles. The van der Waals surface area contributed by atoms with Crippen molar-refractivity contribution in [3.05, 3.63) is 40.6 Å². The quantitative estimate of drug-likeness (QED) is 0.777. The van der Waals surface area contributed by atoms with E-state index in [9.17, 15) is 18.0 Å². The molecule has 0 bridgehead atoms. The smallest absolute Gasteiger partial charge is 0.471 e. The number of amides is 1. The number of alkyl halides is 3. The van der Waals surface area contributed by atoms with E-state index in [4.69, 9.17) is 16.2 Å². The molecule has 1 amide bonds. The van der Waals surface area contributed by atoms with E-state index in [1.54, 1.807) is 35.7 Å². The predicted octanol–water partition coefficient (Wildman–Crippen LogP) is 2.88. The molecule has 130 valence electrons. The van der Waals surface area contributed by atoms with Gasteiger partial charge in [0, 0.05) is 4.88 Å². The lowest BCUT2D eigenvalue weighted by molar-refractivity contribution is -0.186. The van der Waals surface area contributed by atoms with Crippen LogP contribution in [0.3, 0.4) is 0 Å². The SMILES string of the molecule is Nc1cccc(OCCN(Cc2cccs2)C(=O)C(F)(F)F)c1N. The lowest BCUT2D eigenvalue weighted by Gasteiger charge is -2.23. The molecule has 0 fully saturated rings. The predicted molar refractivity (Wildman–Crippen MR) is 86.6 cm³/mol. The van der Waals surface area contributed by atoms with Crippen LogP contribution in [0.5, 0.6) is 5.75 Å². The summed E-state index contributed by atoms with van der Waals surface area (Å²) in [6.45, 7) is -0.503. The highest BCUT2D eigenvalue weighted by atomic mass is 32.1. The van der Waals surface area contributed by atoms with Crippen LogP contribution in [0.15, 0.2) is 35.7 Å². The third-order valence-corrected chi connectivity index (χ3v) is 4.04. The first-order valence-corrected chi connectivity index (χ1v) is 7.82. The van der Waals surface area contributed by atoms with E-state index in [1.807, 2.05) is 0 Å². The Morgan fingerprint density at radius 3 is 2.58 bits per heavy atom. The summed E-state index contributed by atoms with van der Waals surface area (Å²) >= 11 is 1.27. The van der Waals surface area contributed by atoms with E-state index in [1.165, 1.54) is 11.3 Å². The summed E-state index contributed by atoms with van der Waals surface area (Å²) in [5.74, 6) is -1.63. The zero-order valence-corrected chi connectivity index (χ0v) is 13.4. The maximum absolute atomic E-state index is 12.7. The Balaban J connectivity index is 2.02. The van der Waals surface area contributed by atoms with Crippen molar-refractivity contribution in [1.82, 2.24) is 4.90 Å². The summed E-state index contributed by atoms with van der Waals surface area (Å²) in [7, 11) is 0. The summed E-state index contributed by atoms with van der Waals surface area (Å²) in [5, 5.41) is 1.73. The molecule has 1 heterocycles. The van der Waals surface area contributed by atoms with Crippen LogP contribution in [0.1, 0.15) is 4.88 Å². The largest absolute Gasteiger partial charge is 0.490 e. The maximum Gasteiger partial charge on any atom is 0.471 e. The normalized spacial score (nSPS) is 11.3. The van der Waals surface area contributed by atoms with Crippen LogP contribution in [0.4, 0.5) is 24.5 Å². The van der Waals surface area contributed by atoms with Crippen molar-refractivity contribution < 1.29 is 22.7 Å². The highest BCUT2D eigenvalue weighted by molar-refractivity contribution is 7.09. The van der Waals surface area contributed by atoms with Gasteiger partial charge in [-0.05, 0) is 23.6 Å². The Morgan fingerprint density at radius 1 is 1.21 bits per heavy atom. The van der Waals surface area contributed by atoms with Gasteiger partial charge in [0.2, 0.25) is 0 Å². The number of nitrogens with zero attached hydrogens (tertiary/aromatic N) is 1. The highest BCUT2D eigenvalue weighted by Crippen LogP contribution is 2.27. The summed E-state index contributed by atoms with van der Waals surface area (Å²) in [6, 6.07) is 8.13. The lowest BCUT2D eigenvalue weighted by atomic mass is 10.2. The number of ether oxygens (including phenoxy) is 1. The summed E-state index contributed by atoms with van der Waals surface area (Å²) in [6.07, 6.45) is -4.94. The summed E-state index contributed by atoms with van der Waals surface area (Å²) in [4.78, 5) is 12.9. The number of carbonyl (C=O) groups is 1. The number of halogens is 3.